The fourth-order valence-electron chi connectivity index (χ4n) is 3.73. The zero-order chi connectivity index (χ0) is 20.9. The Hall–Kier alpha value is -2.91. The third-order valence-electron chi connectivity index (χ3n) is 5.21. The van der Waals surface area contributed by atoms with Gasteiger partial charge in [-0.25, -0.2) is 0 Å². The van der Waals surface area contributed by atoms with Gasteiger partial charge in [0.2, 0.25) is 11.4 Å². The second-order valence-electron chi connectivity index (χ2n) is 7.07. The van der Waals surface area contributed by atoms with Crippen molar-refractivity contribution in [1.29, 1.82) is 0 Å². The van der Waals surface area contributed by atoms with Crippen LogP contribution in [-0.4, -0.2) is 61.6 Å². The highest BCUT2D eigenvalue weighted by Crippen LogP contribution is 2.50. The fraction of sp³-hybridized carbons (Fsp3) is 0.421. The molecule has 2 aliphatic rings. The van der Waals surface area contributed by atoms with E-state index in [1.165, 1.54) is 38.1 Å². The van der Waals surface area contributed by atoms with E-state index in [4.69, 9.17) is 14.6 Å². The lowest BCUT2D eigenvalue weighted by Crippen LogP contribution is -2.75. The normalized spacial score (nSPS) is 31.1. The predicted molar refractivity (Wildman–Crippen MR) is 92.9 cm³/mol. The van der Waals surface area contributed by atoms with Gasteiger partial charge in [-0.2, -0.15) is 0 Å². The number of Topliss-reactive ketones (excluding diaryl/α,β-unsaturated/α-hetero) is 1. The summed E-state index contributed by atoms with van der Waals surface area (Å²) in [7, 11) is 0. The van der Waals surface area contributed by atoms with Crippen LogP contribution in [-0.2, 0) is 14.3 Å². The molecule has 0 unspecified atom stereocenters. The summed E-state index contributed by atoms with van der Waals surface area (Å²) in [5, 5.41) is 40.5. The van der Waals surface area contributed by atoms with E-state index in [2.05, 4.69) is 0 Å². The summed E-state index contributed by atoms with van der Waals surface area (Å²) >= 11 is 0. The van der Waals surface area contributed by atoms with Crippen molar-refractivity contribution in [2.75, 3.05) is 0 Å². The molecule has 0 saturated carbocycles. The van der Waals surface area contributed by atoms with Crippen molar-refractivity contribution in [2.24, 2.45) is 0 Å². The molecule has 0 spiro atoms. The molecule has 4 N–H and O–H groups in total. The number of esters is 1. The van der Waals surface area contributed by atoms with Crippen LogP contribution < -0.4 is 4.74 Å². The monoisotopic (exact) mass is 392 g/mol. The van der Waals surface area contributed by atoms with Gasteiger partial charge >= 0.3 is 11.9 Å². The van der Waals surface area contributed by atoms with Crippen molar-refractivity contribution < 1.29 is 44.3 Å². The number of aliphatic hydroxyl groups is 2. The first kappa shape index (κ1) is 19.8. The number of rotatable bonds is 4. The standard InChI is InChI=1S/C19H20O9/c1-9-8-12(21)19(26)16(25)15-10(20)4-3-5-11(15)28-18(19,2)17(9)27-14(24)7-6-13(22)23/h3-5,8,12,17,20-21,26H,6-7H2,1-2H3,(H,22,23)/t12-,17-,18-,19-/m0/s1. The maximum absolute atomic E-state index is 13.1. The van der Waals surface area contributed by atoms with Crippen LogP contribution in [0.4, 0.5) is 0 Å². The van der Waals surface area contributed by atoms with Crippen LogP contribution in [0.1, 0.15) is 37.0 Å². The molecule has 0 bridgehead atoms. The van der Waals surface area contributed by atoms with Crippen LogP contribution >= 0.6 is 0 Å². The number of carbonyl (C=O) groups is 3. The summed E-state index contributed by atoms with van der Waals surface area (Å²) in [5.41, 5.74) is -4.43. The number of hydrogen-bond acceptors (Lipinski definition) is 8. The zero-order valence-electron chi connectivity index (χ0n) is 15.2. The Kier molecular flexibility index (Phi) is 4.68. The maximum Gasteiger partial charge on any atom is 0.307 e. The van der Waals surface area contributed by atoms with Gasteiger partial charge in [-0.05, 0) is 37.6 Å². The minimum absolute atomic E-state index is 0.0364. The predicted octanol–water partition coefficient (Wildman–Crippen LogP) is 0.554. The minimum Gasteiger partial charge on any atom is -0.507 e. The molecule has 0 fully saturated rings. The fourth-order valence-corrected chi connectivity index (χ4v) is 3.73. The number of fused-ring (bicyclic) bond motifs is 2. The number of carbonyl (C=O) groups excluding carboxylic acids is 2. The van der Waals surface area contributed by atoms with Crippen LogP contribution in [0.15, 0.2) is 29.8 Å². The van der Waals surface area contributed by atoms with Gasteiger partial charge in [0.1, 0.15) is 23.2 Å². The van der Waals surface area contributed by atoms with Gasteiger partial charge in [-0.3, -0.25) is 14.4 Å². The first-order valence-electron chi connectivity index (χ1n) is 8.58. The number of phenolic OH excluding ortho intramolecular Hbond substituents is 1. The van der Waals surface area contributed by atoms with Gasteiger partial charge in [-0.1, -0.05) is 6.07 Å². The lowest BCUT2D eigenvalue weighted by molar-refractivity contribution is -0.204. The second kappa shape index (κ2) is 6.61. The zero-order valence-corrected chi connectivity index (χ0v) is 15.2. The Morgan fingerprint density at radius 2 is 1.96 bits per heavy atom. The molecule has 0 amide bonds. The van der Waals surface area contributed by atoms with Crippen LogP contribution in [0.2, 0.25) is 0 Å². The van der Waals surface area contributed by atoms with Crippen molar-refractivity contribution in [3.8, 4) is 11.5 Å². The molecule has 1 aliphatic carbocycles. The van der Waals surface area contributed by atoms with E-state index in [1.807, 2.05) is 0 Å². The molecule has 1 heterocycles. The summed E-state index contributed by atoms with van der Waals surface area (Å²) in [6.45, 7) is 2.84. The first-order valence-corrected chi connectivity index (χ1v) is 8.58. The van der Waals surface area contributed by atoms with Crippen molar-refractivity contribution in [1.82, 2.24) is 0 Å². The Balaban J connectivity index is 2.06. The number of carboxylic acid groups (broad SMARTS) is 1. The molecule has 150 valence electrons. The molecular formula is C19H20O9. The first-order chi connectivity index (χ1) is 13.0. The van der Waals surface area contributed by atoms with E-state index >= 15 is 0 Å². The number of ether oxygens (including phenoxy) is 2. The van der Waals surface area contributed by atoms with E-state index in [0.717, 1.165) is 0 Å². The Bertz CT molecular complexity index is 889. The molecule has 0 aromatic heterocycles. The van der Waals surface area contributed by atoms with E-state index in [9.17, 15) is 29.7 Å². The largest absolute Gasteiger partial charge is 0.507 e. The van der Waals surface area contributed by atoms with E-state index < -0.39 is 59.7 Å². The number of aromatic hydroxyl groups is 1. The van der Waals surface area contributed by atoms with Crippen LogP contribution in [0.5, 0.6) is 11.5 Å². The molecule has 28 heavy (non-hydrogen) atoms. The smallest absolute Gasteiger partial charge is 0.307 e. The highest BCUT2D eigenvalue weighted by atomic mass is 16.6. The quantitative estimate of drug-likeness (QED) is 0.425. The van der Waals surface area contributed by atoms with Crippen LogP contribution in [0.3, 0.4) is 0 Å². The number of phenols is 1. The van der Waals surface area contributed by atoms with E-state index in [1.54, 1.807) is 0 Å². The molecule has 4 atom stereocenters. The average molecular weight is 392 g/mol. The van der Waals surface area contributed by atoms with Crippen molar-refractivity contribution in [2.45, 2.75) is 50.1 Å². The molecule has 1 aliphatic heterocycles. The summed E-state index contributed by atoms with van der Waals surface area (Å²) in [6, 6.07) is 4.08. The topological polar surface area (TPSA) is 151 Å². The SMILES string of the molecule is CC1=C[C@H](O)[C@]2(O)C(=O)c3c(O)cccc3O[C@@]2(C)[C@H]1OC(=O)CCC(=O)O. The van der Waals surface area contributed by atoms with Gasteiger partial charge in [0.05, 0.1) is 12.8 Å². The Morgan fingerprint density at radius 1 is 1.29 bits per heavy atom. The molecule has 1 aromatic carbocycles. The summed E-state index contributed by atoms with van der Waals surface area (Å²) in [5.74, 6) is -3.48. The molecule has 0 radical (unpaired) electrons. The number of hydrogen-bond donors (Lipinski definition) is 4. The third-order valence-corrected chi connectivity index (χ3v) is 5.21. The second-order valence-corrected chi connectivity index (χ2v) is 7.07. The Morgan fingerprint density at radius 3 is 2.61 bits per heavy atom. The third kappa shape index (κ3) is 2.74. The van der Waals surface area contributed by atoms with Gasteiger partial charge in [-0.15, -0.1) is 0 Å². The maximum atomic E-state index is 13.1. The molecule has 0 saturated heterocycles. The Labute approximate surface area is 159 Å². The van der Waals surface area contributed by atoms with E-state index in [0.29, 0.717) is 5.57 Å². The average Bonchev–Trinajstić information content (AvgIpc) is 2.61. The lowest BCUT2D eigenvalue weighted by Gasteiger charge is -2.53. The van der Waals surface area contributed by atoms with Gasteiger partial charge in [0.15, 0.2) is 11.7 Å². The molecule has 9 heteroatoms. The number of carboxylic acids is 1. The number of benzene rings is 1. The summed E-state index contributed by atoms with van der Waals surface area (Å²) in [6.07, 6.45) is -2.66. The van der Waals surface area contributed by atoms with Gasteiger partial charge in [0.25, 0.3) is 0 Å². The molecule has 9 nitrogen and oxygen atoms in total. The summed E-state index contributed by atoms with van der Waals surface area (Å²) < 4.78 is 11.2. The summed E-state index contributed by atoms with van der Waals surface area (Å²) in [4.78, 5) is 35.8. The van der Waals surface area contributed by atoms with Crippen molar-refractivity contribution in [3.05, 3.63) is 35.4 Å². The number of aliphatic carboxylic acids is 1. The van der Waals surface area contributed by atoms with E-state index in [-0.39, 0.29) is 11.3 Å². The molecular weight excluding hydrogens is 372 g/mol. The lowest BCUT2D eigenvalue weighted by atomic mass is 9.65. The highest BCUT2D eigenvalue weighted by Gasteiger charge is 2.69. The van der Waals surface area contributed by atoms with Gasteiger partial charge in [0, 0.05) is 0 Å². The van der Waals surface area contributed by atoms with Crippen LogP contribution in [0.25, 0.3) is 0 Å². The van der Waals surface area contributed by atoms with Crippen molar-refractivity contribution >= 4 is 17.7 Å². The highest BCUT2D eigenvalue weighted by molar-refractivity contribution is 6.09. The minimum atomic E-state index is -2.55. The number of aliphatic hydroxyl groups excluding tert-OH is 1. The van der Waals surface area contributed by atoms with Crippen LogP contribution in [0, 0.1) is 0 Å². The molecule has 3 rings (SSSR count). The number of ketones is 1. The van der Waals surface area contributed by atoms with Gasteiger partial charge < -0.3 is 29.9 Å². The van der Waals surface area contributed by atoms with Crippen molar-refractivity contribution in [3.63, 3.8) is 0 Å². The molecule has 1 aromatic rings.